The summed E-state index contributed by atoms with van der Waals surface area (Å²) in [6.45, 7) is 8.45. The molecule has 0 unspecified atom stereocenters. The molecule has 0 heterocycles. The smallest absolute Gasteiger partial charge is 0.183 e. The topological polar surface area (TPSA) is 18.5 Å². The second-order valence-electron chi connectivity index (χ2n) is 5.54. The van der Waals surface area contributed by atoms with Crippen LogP contribution < -0.4 is 4.74 Å². The van der Waals surface area contributed by atoms with E-state index in [4.69, 9.17) is 9.16 Å². The lowest BCUT2D eigenvalue weighted by Gasteiger charge is -2.16. The fourth-order valence-corrected chi connectivity index (χ4v) is 2.40. The van der Waals surface area contributed by atoms with Crippen LogP contribution in [0.5, 0.6) is 5.75 Å². The highest BCUT2D eigenvalue weighted by atomic mass is 28.4. The largest absolute Gasteiger partial charge is 0.494 e. The van der Waals surface area contributed by atoms with Crippen LogP contribution in [0.2, 0.25) is 19.6 Å². The van der Waals surface area contributed by atoms with Gasteiger partial charge < -0.3 is 9.16 Å². The van der Waals surface area contributed by atoms with E-state index >= 15 is 0 Å². The summed E-state index contributed by atoms with van der Waals surface area (Å²) in [5, 5.41) is 0. The molecule has 3 heteroatoms. The highest BCUT2D eigenvalue weighted by molar-refractivity contribution is 6.69. The molecule has 18 heavy (non-hydrogen) atoms. The fourth-order valence-electron chi connectivity index (χ4n) is 1.64. The predicted octanol–water partition coefficient (Wildman–Crippen LogP) is 4.48. The van der Waals surface area contributed by atoms with Crippen molar-refractivity contribution in [3.63, 3.8) is 0 Å². The molecule has 102 valence electrons. The van der Waals surface area contributed by atoms with E-state index in [1.54, 1.807) is 0 Å². The molecule has 0 saturated carbocycles. The molecule has 0 fully saturated rings. The SMILES string of the molecule is C[Si](C)(C)OCCCCCCOc1ccccc1. The quantitative estimate of drug-likeness (QED) is 0.485. The molecule has 0 aromatic heterocycles. The third-order valence-corrected chi connectivity index (χ3v) is 3.66. The summed E-state index contributed by atoms with van der Waals surface area (Å²) in [6, 6.07) is 10.0. The molecule has 0 amide bonds. The first-order valence-corrected chi connectivity index (χ1v) is 10.3. The maximum absolute atomic E-state index is 5.81. The zero-order valence-corrected chi connectivity index (χ0v) is 12.9. The minimum Gasteiger partial charge on any atom is -0.494 e. The van der Waals surface area contributed by atoms with Gasteiger partial charge in [0.2, 0.25) is 0 Å². The van der Waals surface area contributed by atoms with Crippen LogP contribution in [-0.2, 0) is 4.43 Å². The Morgan fingerprint density at radius 3 is 2.06 bits per heavy atom. The average molecular weight is 266 g/mol. The number of hydrogen-bond donors (Lipinski definition) is 0. The first kappa shape index (κ1) is 15.3. The van der Waals surface area contributed by atoms with Crippen molar-refractivity contribution in [1.29, 1.82) is 0 Å². The van der Waals surface area contributed by atoms with Gasteiger partial charge in [0, 0.05) is 6.61 Å². The summed E-state index contributed by atoms with van der Waals surface area (Å²) < 4.78 is 11.5. The van der Waals surface area contributed by atoms with Crippen molar-refractivity contribution in [1.82, 2.24) is 0 Å². The van der Waals surface area contributed by atoms with Crippen LogP contribution >= 0.6 is 0 Å². The molecule has 1 aromatic rings. The Morgan fingerprint density at radius 2 is 1.44 bits per heavy atom. The molecule has 0 aliphatic carbocycles. The molecule has 0 aliphatic rings. The van der Waals surface area contributed by atoms with Gasteiger partial charge in [0.05, 0.1) is 6.61 Å². The van der Waals surface area contributed by atoms with Crippen molar-refractivity contribution < 1.29 is 9.16 Å². The van der Waals surface area contributed by atoms with Crippen molar-refractivity contribution >= 4 is 8.32 Å². The van der Waals surface area contributed by atoms with Gasteiger partial charge in [-0.25, -0.2) is 0 Å². The second-order valence-corrected chi connectivity index (χ2v) is 10.0. The fraction of sp³-hybridized carbons (Fsp3) is 0.600. The van der Waals surface area contributed by atoms with Crippen LogP contribution in [0.4, 0.5) is 0 Å². The van der Waals surface area contributed by atoms with Crippen molar-refractivity contribution in [3.05, 3.63) is 30.3 Å². The van der Waals surface area contributed by atoms with E-state index in [1.807, 2.05) is 30.3 Å². The number of para-hydroxylation sites is 1. The summed E-state index contributed by atoms with van der Waals surface area (Å²) >= 11 is 0. The van der Waals surface area contributed by atoms with Crippen LogP contribution in [0.1, 0.15) is 25.7 Å². The van der Waals surface area contributed by atoms with Crippen molar-refractivity contribution in [2.75, 3.05) is 13.2 Å². The first-order valence-electron chi connectivity index (χ1n) is 6.90. The van der Waals surface area contributed by atoms with E-state index < -0.39 is 8.32 Å². The molecular formula is C15H26O2Si. The Hall–Kier alpha value is -0.803. The number of hydrogen-bond acceptors (Lipinski definition) is 2. The number of unbranched alkanes of at least 4 members (excludes halogenated alkanes) is 3. The van der Waals surface area contributed by atoms with Crippen LogP contribution in [-0.4, -0.2) is 21.5 Å². The first-order chi connectivity index (χ1) is 8.58. The predicted molar refractivity (Wildman–Crippen MR) is 79.7 cm³/mol. The molecule has 0 spiro atoms. The van der Waals surface area contributed by atoms with Gasteiger partial charge in [0.25, 0.3) is 0 Å². The summed E-state index contributed by atoms with van der Waals surface area (Å²) in [5.41, 5.74) is 0. The number of ether oxygens (including phenoxy) is 1. The van der Waals surface area contributed by atoms with Crippen molar-refractivity contribution in [2.24, 2.45) is 0 Å². The molecule has 0 radical (unpaired) electrons. The van der Waals surface area contributed by atoms with Crippen LogP contribution in [0.3, 0.4) is 0 Å². The highest BCUT2D eigenvalue weighted by Crippen LogP contribution is 2.10. The highest BCUT2D eigenvalue weighted by Gasteiger charge is 2.12. The molecule has 0 N–H and O–H groups in total. The van der Waals surface area contributed by atoms with Gasteiger partial charge in [0.1, 0.15) is 5.75 Å². The lowest BCUT2D eigenvalue weighted by Crippen LogP contribution is -2.25. The Labute approximate surface area is 112 Å². The summed E-state index contributed by atoms with van der Waals surface area (Å²) in [5.74, 6) is 0.972. The van der Waals surface area contributed by atoms with Gasteiger partial charge in [-0.05, 0) is 51.0 Å². The van der Waals surface area contributed by atoms with E-state index in [0.717, 1.165) is 25.4 Å². The molecule has 0 bridgehead atoms. The summed E-state index contributed by atoms with van der Waals surface area (Å²) in [7, 11) is -1.30. The van der Waals surface area contributed by atoms with Gasteiger partial charge in [-0.1, -0.05) is 24.6 Å². The molecule has 0 saturated heterocycles. The zero-order valence-electron chi connectivity index (χ0n) is 11.9. The average Bonchev–Trinajstić information content (AvgIpc) is 2.32. The monoisotopic (exact) mass is 266 g/mol. The van der Waals surface area contributed by atoms with Gasteiger partial charge in [-0.15, -0.1) is 0 Å². The lowest BCUT2D eigenvalue weighted by molar-refractivity contribution is 0.284. The maximum Gasteiger partial charge on any atom is 0.183 e. The Kier molecular flexibility index (Phi) is 7.06. The second kappa shape index (κ2) is 8.33. The van der Waals surface area contributed by atoms with E-state index in [-0.39, 0.29) is 0 Å². The summed E-state index contributed by atoms with van der Waals surface area (Å²) in [4.78, 5) is 0. The minimum absolute atomic E-state index is 0.818. The van der Waals surface area contributed by atoms with Crippen LogP contribution in [0, 0.1) is 0 Å². The zero-order chi connectivity index (χ0) is 13.3. The van der Waals surface area contributed by atoms with E-state index in [9.17, 15) is 0 Å². The molecule has 0 aliphatic heterocycles. The number of benzene rings is 1. The van der Waals surface area contributed by atoms with E-state index in [0.29, 0.717) is 0 Å². The third kappa shape index (κ3) is 8.31. The van der Waals surface area contributed by atoms with Crippen molar-refractivity contribution in [2.45, 2.75) is 45.3 Å². The van der Waals surface area contributed by atoms with Crippen LogP contribution in [0.15, 0.2) is 30.3 Å². The van der Waals surface area contributed by atoms with Gasteiger partial charge in [-0.2, -0.15) is 0 Å². The van der Waals surface area contributed by atoms with E-state index in [2.05, 4.69) is 19.6 Å². The maximum atomic E-state index is 5.81. The normalized spacial score (nSPS) is 11.5. The van der Waals surface area contributed by atoms with Gasteiger partial charge in [0.15, 0.2) is 8.32 Å². The molecule has 2 nitrogen and oxygen atoms in total. The van der Waals surface area contributed by atoms with Gasteiger partial charge in [-0.3, -0.25) is 0 Å². The summed E-state index contributed by atoms with van der Waals surface area (Å²) in [6.07, 6.45) is 4.77. The molecule has 0 atom stereocenters. The third-order valence-electron chi connectivity index (χ3n) is 2.59. The Morgan fingerprint density at radius 1 is 0.833 bits per heavy atom. The molecule has 1 aromatic carbocycles. The lowest BCUT2D eigenvalue weighted by atomic mass is 10.2. The van der Waals surface area contributed by atoms with Crippen molar-refractivity contribution in [3.8, 4) is 5.75 Å². The minimum atomic E-state index is -1.30. The Bertz CT molecular complexity index is 306. The molecular weight excluding hydrogens is 240 g/mol. The van der Waals surface area contributed by atoms with Crippen LogP contribution in [0.25, 0.3) is 0 Å². The Balaban J connectivity index is 1.90. The van der Waals surface area contributed by atoms with E-state index in [1.165, 1.54) is 19.3 Å². The van der Waals surface area contributed by atoms with Gasteiger partial charge >= 0.3 is 0 Å². The standard InChI is InChI=1S/C15H26O2Si/c1-18(2,3)17-14-10-5-4-9-13-16-15-11-7-6-8-12-15/h6-8,11-12H,4-5,9-10,13-14H2,1-3H3. The number of rotatable bonds is 9. The molecule has 1 rings (SSSR count).